The Morgan fingerprint density at radius 3 is 2.92 bits per heavy atom. The molecule has 0 aromatic heterocycles. The zero-order valence-corrected chi connectivity index (χ0v) is 8.85. The van der Waals surface area contributed by atoms with Gasteiger partial charge in [-0.1, -0.05) is 23.7 Å². The summed E-state index contributed by atoms with van der Waals surface area (Å²) in [6.45, 7) is 0. The molecule has 1 nitrogen and oxygen atoms in total. The Morgan fingerprint density at radius 2 is 2.15 bits per heavy atom. The molecular weight excluding hydrogens is 251 g/mol. The Bertz CT molecular complexity index is 468. The van der Waals surface area contributed by atoms with Crippen LogP contribution in [0.25, 0.3) is 10.8 Å². The van der Waals surface area contributed by atoms with Crippen LogP contribution in [0, 0.1) is 6.07 Å². The van der Waals surface area contributed by atoms with Gasteiger partial charge in [0.25, 0.3) is 0 Å². The zero-order chi connectivity index (χ0) is 9.42. The fourth-order valence-electron chi connectivity index (χ4n) is 1.24. The Morgan fingerprint density at radius 1 is 1.38 bits per heavy atom. The third-order valence-electron chi connectivity index (χ3n) is 1.78. The highest BCUT2D eigenvalue weighted by Crippen LogP contribution is 2.33. The molecule has 0 amide bonds. The average molecular weight is 257 g/mol. The molecule has 0 aliphatic heterocycles. The predicted octanol–water partition coefficient (Wildman–Crippen LogP) is 3.76. The molecule has 1 N–H and O–H groups in total. The Hall–Kier alpha value is -0.730. The van der Waals surface area contributed by atoms with Gasteiger partial charge < -0.3 is 5.11 Å². The van der Waals surface area contributed by atoms with E-state index in [1.54, 1.807) is 12.1 Å². The fraction of sp³-hybridized carbons (Fsp3) is 0. The standard InChI is InChI=1S/C10H5BrClO/c11-8-5-7(13)4-6-2-1-3-9(12)10(6)8/h1-3,5,13H. The van der Waals surface area contributed by atoms with E-state index in [1.807, 2.05) is 12.1 Å². The first-order valence-corrected chi connectivity index (χ1v) is 4.84. The maximum atomic E-state index is 9.27. The number of hydrogen-bond acceptors (Lipinski definition) is 1. The summed E-state index contributed by atoms with van der Waals surface area (Å²) >= 11 is 9.32. The maximum absolute atomic E-state index is 9.27. The minimum atomic E-state index is 0.113. The van der Waals surface area contributed by atoms with Crippen LogP contribution in [0.15, 0.2) is 28.7 Å². The first-order chi connectivity index (χ1) is 6.18. The summed E-state index contributed by atoms with van der Waals surface area (Å²) in [4.78, 5) is 0. The molecule has 2 rings (SSSR count). The maximum Gasteiger partial charge on any atom is 0.125 e. The lowest BCUT2D eigenvalue weighted by Gasteiger charge is -2.02. The molecular formula is C10H5BrClO. The van der Waals surface area contributed by atoms with Crippen LogP contribution in [0.4, 0.5) is 0 Å². The van der Waals surface area contributed by atoms with Gasteiger partial charge in [-0.3, -0.25) is 0 Å². The third-order valence-corrected chi connectivity index (χ3v) is 2.72. The summed E-state index contributed by atoms with van der Waals surface area (Å²) in [6, 6.07) is 9.87. The largest absolute Gasteiger partial charge is 0.507 e. The smallest absolute Gasteiger partial charge is 0.125 e. The van der Waals surface area contributed by atoms with Gasteiger partial charge in [0, 0.05) is 20.9 Å². The number of rotatable bonds is 0. The van der Waals surface area contributed by atoms with Crippen molar-refractivity contribution in [1.82, 2.24) is 0 Å². The molecule has 0 bridgehead atoms. The van der Waals surface area contributed by atoms with Gasteiger partial charge in [-0.2, -0.15) is 0 Å². The van der Waals surface area contributed by atoms with E-state index in [-0.39, 0.29) is 5.75 Å². The number of phenols is 1. The van der Waals surface area contributed by atoms with Crippen molar-refractivity contribution < 1.29 is 5.11 Å². The second-order valence-corrected chi connectivity index (χ2v) is 3.93. The molecule has 0 fully saturated rings. The van der Waals surface area contributed by atoms with Crippen molar-refractivity contribution in [2.75, 3.05) is 0 Å². The molecule has 13 heavy (non-hydrogen) atoms. The number of halogens is 2. The van der Waals surface area contributed by atoms with Crippen molar-refractivity contribution in [3.8, 4) is 5.75 Å². The van der Waals surface area contributed by atoms with Crippen LogP contribution < -0.4 is 0 Å². The van der Waals surface area contributed by atoms with Gasteiger partial charge in [-0.05, 0) is 33.4 Å². The van der Waals surface area contributed by atoms with Crippen molar-refractivity contribution in [1.29, 1.82) is 0 Å². The van der Waals surface area contributed by atoms with Crippen molar-refractivity contribution in [3.05, 3.63) is 39.8 Å². The van der Waals surface area contributed by atoms with Crippen molar-refractivity contribution >= 4 is 38.3 Å². The molecule has 1 radical (unpaired) electrons. The SMILES string of the molecule is Oc1[c]c2cccc(Cl)c2c(Br)c1. The van der Waals surface area contributed by atoms with Gasteiger partial charge in [0.1, 0.15) is 5.75 Å². The molecule has 0 aliphatic carbocycles. The van der Waals surface area contributed by atoms with E-state index >= 15 is 0 Å². The Kier molecular flexibility index (Phi) is 2.18. The number of hydrogen-bond donors (Lipinski definition) is 1. The highest BCUT2D eigenvalue weighted by Gasteiger charge is 2.04. The van der Waals surface area contributed by atoms with E-state index in [9.17, 15) is 5.11 Å². The first-order valence-electron chi connectivity index (χ1n) is 3.67. The van der Waals surface area contributed by atoms with Crippen LogP contribution in [0.1, 0.15) is 0 Å². The molecule has 3 heteroatoms. The molecule has 2 aromatic rings. The average Bonchev–Trinajstić information content (AvgIpc) is 2.02. The highest BCUT2D eigenvalue weighted by molar-refractivity contribution is 9.10. The molecule has 0 heterocycles. The minimum absolute atomic E-state index is 0.113. The molecule has 0 atom stereocenters. The second kappa shape index (κ2) is 3.20. The van der Waals surface area contributed by atoms with E-state index in [0.29, 0.717) is 5.02 Å². The van der Waals surface area contributed by atoms with Gasteiger partial charge in [0.05, 0.1) is 0 Å². The quantitative estimate of drug-likeness (QED) is 0.761. The van der Waals surface area contributed by atoms with Crippen LogP contribution in [0.3, 0.4) is 0 Å². The molecule has 0 aliphatic rings. The Labute approximate surface area is 89.1 Å². The van der Waals surface area contributed by atoms with E-state index in [0.717, 1.165) is 15.2 Å². The van der Waals surface area contributed by atoms with Gasteiger partial charge >= 0.3 is 0 Å². The summed E-state index contributed by atoms with van der Waals surface area (Å²) < 4.78 is 0.782. The molecule has 0 spiro atoms. The molecule has 65 valence electrons. The highest BCUT2D eigenvalue weighted by atomic mass is 79.9. The molecule has 0 unspecified atom stereocenters. The lowest BCUT2D eigenvalue weighted by molar-refractivity contribution is 0.475. The van der Waals surface area contributed by atoms with Crippen LogP contribution in [0.2, 0.25) is 5.02 Å². The Balaban J connectivity index is 2.94. The number of benzene rings is 2. The normalized spacial score (nSPS) is 10.6. The fourth-order valence-corrected chi connectivity index (χ4v) is 2.27. The lowest BCUT2D eigenvalue weighted by atomic mass is 10.1. The molecule has 2 aromatic carbocycles. The van der Waals surface area contributed by atoms with Crippen LogP contribution >= 0.6 is 27.5 Å². The van der Waals surface area contributed by atoms with E-state index in [4.69, 9.17) is 11.6 Å². The summed E-state index contributed by atoms with van der Waals surface area (Å²) in [5.41, 5.74) is 0. The van der Waals surface area contributed by atoms with E-state index < -0.39 is 0 Å². The predicted molar refractivity (Wildman–Crippen MR) is 57.2 cm³/mol. The summed E-state index contributed by atoms with van der Waals surface area (Å²) in [5, 5.41) is 11.6. The monoisotopic (exact) mass is 255 g/mol. The zero-order valence-electron chi connectivity index (χ0n) is 6.51. The van der Waals surface area contributed by atoms with Crippen molar-refractivity contribution in [2.45, 2.75) is 0 Å². The second-order valence-electron chi connectivity index (χ2n) is 2.66. The number of aromatic hydroxyl groups is 1. The van der Waals surface area contributed by atoms with Gasteiger partial charge in [-0.15, -0.1) is 0 Å². The van der Waals surface area contributed by atoms with Gasteiger partial charge in [0.2, 0.25) is 0 Å². The van der Waals surface area contributed by atoms with E-state index in [1.165, 1.54) is 0 Å². The van der Waals surface area contributed by atoms with Crippen LogP contribution in [-0.4, -0.2) is 5.11 Å². The van der Waals surface area contributed by atoms with Gasteiger partial charge in [0.15, 0.2) is 0 Å². The molecule has 0 saturated carbocycles. The minimum Gasteiger partial charge on any atom is -0.507 e. The van der Waals surface area contributed by atoms with Crippen LogP contribution in [-0.2, 0) is 0 Å². The van der Waals surface area contributed by atoms with Crippen LogP contribution in [0.5, 0.6) is 5.75 Å². The summed E-state index contributed by atoms with van der Waals surface area (Å²) in [7, 11) is 0. The van der Waals surface area contributed by atoms with Gasteiger partial charge in [-0.25, -0.2) is 0 Å². The van der Waals surface area contributed by atoms with Crippen molar-refractivity contribution in [3.63, 3.8) is 0 Å². The number of phenolic OH excluding ortho intramolecular Hbond substituents is 1. The summed E-state index contributed by atoms with van der Waals surface area (Å²) in [6.07, 6.45) is 0. The lowest BCUT2D eigenvalue weighted by Crippen LogP contribution is -1.77. The number of fused-ring (bicyclic) bond motifs is 1. The van der Waals surface area contributed by atoms with E-state index in [2.05, 4.69) is 22.0 Å². The van der Waals surface area contributed by atoms with Crippen molar-refractivity contribution in [2.24, 2.45) is 0 Å². The topological polar surface area (TPSA) is 20.2 Å². The molecule has 0 saturated heterocycles. The first kappa shape index (κ1) is 8.85. The third kappa shape index (κ3) is 1.52. The summed E-state index contributed by atoms with van der Waals surface area (Å²) in [5.74, 6) is 0.113.